The quantitative estimate of drug-likeness (QED) is 0.863. The number of fused-ring (bicyclic) bond motifs is 1. The number of cyclic esters (lactones) is 1. The van der Waals surface area contributed by atoms with Gasteiger partial charge in [-0.2, -0.15) is 0 Å². The van der Waals surface area contributed by atoms with Crippen LogP contribution in [0.1, 0.15) is 11.5 Å². The summed E-state index contributed by atoms with van der Waals surface area (Å²) in [7, 11) is 0. The Hall–Kier alpha value is -3.04. The Kier molecular flexibility index (Phi) is 3.43. The van der Waals surface area contributed by atoms with Crippen LogP contribution in [0.3, 0.4) is 0 Å². The first-order chi connectivity index (χ1) is 13.0. The first-order valence-electron chi connectivity index (χ1n) is 8.62. The molecule has 27 heavy (non-hydrogen) atoms. The van der Waals surface area contributed by atoms with Crippen LogP contribution >= 0.6 is 0 Å². The topological polar surface area (TPSA) is 89.3 Å². The SMILES string of the molecule is O=C1NC[C@H]2[C@@H]1[C@@H]2c1c(F)cc(N2C[C@H](Cn3ccnn3)OC2=O)cc1F. The third-order valence-electron chi connectivity index (χ3n) is 5.43. The van der Waals surface area contributed by atoms with Gasteiger partial charge < -0.3 is 10.1 Å². The van der Waals surface area contributed by atoms with Gasteiger partial charge in [0.25, 0.3) is 0 Å². The lowest BCUT2D eigenvalue weighted by atomic mass is 10.0. The second kappa shape index (κ2) is 5.73. The minimum Gasteiger partial charge on any atom is -0.442 e. The van der Waals surface area contributed by atoms with Crippen molar-refractivity contribution in [1.82, 2.24) is 20.3 Å². The van der Waals surface area contributed by atoms with Crippen LogP contribution in [-0.4, -0.2) is 46.2 Å². The highest BCUT2D eigenvalue weighted by Gasteiger charge is 2.60. The summed E-state index contributed by atoms with van der Waals surface area (Å²) in [5.41, 5.74) is 0.0189. The number of amides is 2. The molecule has 2 aromatic rings. The Bertz CT molecular complexity index is 912. The highest BCUT2D eigenvalue weighted by molar-refractivity contribution is 5.90. The van der Waals surface area contributed by atoms with E-state index in [0.717, 1.165) is 12.1 Å². The fourth-order valence-corrected chi connectivity index (χ4v) is 4.13. The van der Waals surface area contributed by atoms with Gasteiger partial charge in [0.2, 0.25) is 5.91 Å². The Labute approximate surface area is 152 Å². The van der Waals surface area contributed by atoms with Crippen molar-refractivity contribution in [2.45, 2.75) is 18.6 Å². The summed E-state index contributed by atoms with van der Waals surface area (Å²) in [4.78, 5) is 25.0. The molecule has 0 unspecified atom stereocenters. The van der Waals surface area contributed by atoms with Crippen LogP contribution in [0, 0.1) is 23.5 Å². The number of hydrogen-bond donors (Lipinski definition) is 1. The number of nitrogens with zero attached hydrogens (tertiary/aromatic N) is 4. The molecule has 3 fully saturated rings. The molecule has 1 aromatic carbocycles. The molecule has 2 amide bonds. The van der Waals surface area contributed by atoms with Gasteiger partial charge in [0, 0.05) is 24.2 Å². The van der Waals surface area contributed by atoms with Crippen molar-refractivity contribution in [3.63, 3.8) is 0 Å². The first kappa shape index (κ1) is 16.2. The van der Waals surface area contributed by atoms with Gasteiger partial charge in [0.1, 0.15) is 17.7 Å². The number of carbonyl (C=O) groups excluding carboxylic acids is 2. The summed E-state index contributed by atoms with van der Waals surface area (Å²) in [5, 5.41) is 10.2. The van der Waals surface area contributed by atoms with Gasteiger partial charge in [0.15, 0.2) is 0 Å². The third-order valence-corrected chi connectivity index (χ3v) is 5.43. The number of benzene rings is 1. The smallest absolute Gasteiger partial charge is 0.414 e. The largest absolute Gasteiger partial charge is 0.442 e. The predicted octanol–water partition coefficient (Wildman–Crippen LogP) is 1.04. The van der Waals surface area contributed by atoms with Gasteiger partial charge in [-0.1, -0.05) is 5.21 Å². The number of piperidine rings is 1. The van der Waals surface area contributed by atoms with E-state index in [0.29, 0.717) is 13.1 Å². The molecular formula is C17H15F2N5O3. The number of hydrogen-bond acceptors (Lipinski definition) is 5. The fraction of sp³-hybridized carbons (Fsp3) is 0.412. The second-order valence-corrected chi connectivity index (χ2v) is 7.03. The first-order valence-corrected chi connectivity index (χ1v) is 8.62. The van der Waals surface area contributed by atoms with Crippen LogP contribution in [0.5, 0.6) is 0 Å². The summed E-state index contributed by atoms with van der Waals surface area (Å²) in [6.07, 6.45) is 1.96. The average molecular weight is 375 g/mol. The number of ether oxygens (including phenoxy) is 1. The number of aromatic nitrogens is 3. The van der Waals surface area contributed by atoms with Gasteiger partial charge in [0.05, 0.1) is 30.9 Å². The minimum atomic E-state index is -0.746. The van der Waals surface area contributed by atoms with Crippen LogP contribution in [0.25, 0.3) is 0 Å². The zero-order chi connectivity index (χ0) is 18.7. The average Bonchev–Trinajstić information content (AvgIpc) is 3.00. The van der Waals surface area contributed by atoms with E-state index in [4.69, 9.17) is 4.74 Å². The Morgan fingerprint density at radius 1 is 1.22 bits per heavy atom. The van der Waals surface area contributed by atoms with E-state index in [2.05, 4.69) is 15.6 Å². The molecule has 3 heterocycles. The van der Waals surface area contributed by atoms with Crippen LogP contribution in [0.15, 0.2) is 24.5 Å². The van der Waals surface area contributed by atoms with E-state index < -0.39 is 29.7 Å². The molecule has 0 radical (unpaired) electrons. The Morgan fingerprint density at radius 3 is 2.63 bits per heavy atom. The monoisotopic (exact) mass is 375 g/mol. The van der Waals surface area contributed by atoms with E-state index in [1.165, 1.54) is 15.8 Å². The van der Waals surface area contributed by atoms with Crippen LogP contribution in [0.2, 0.25) is 0 Å². The van der Waals surface area contributed by atoms with E-state index in [1.54, 1.807) is 6.20 Å². The molecule has 2 saturated heterocycles. The Balaban J connectivity index is 1.37. The van der Waals surface area contributed by atoms with Crippen molar-refractivity contribution in [2.24, 2.45) is 11.8 Å². The molecule has 0 bridgehead atoms. The maximum Gasteiger partial charge on any atom is 0.414 e. The number of halogens is 2. The second-order valence-electron chi connectivity index (χ2n) is 7.03. The van der Waals surface area contributed by atoms with E-state index in [9.17, 15) is 18.4 Å². The van der Waals surface area contributed by atoms with Crippen LogP contribution in [0.4, 0.5) is 19.3 Å². The van der Waals surface area contributed by atoms with Crippen molar-refractivity contribution in [2.75, 3.05) is 18.0 Å². The molecule has 1 aliphatic carbocycles. The number of anilines is 1. The van der Waals surface area contributed by atoms with Gasteiger partial charge in [-0.15, -0.1) is 5.10 Å². The maximum atomic E-state index is 14.6. The number of rotatable bonds is 4. The lowest BCUT2D eigenvalue weighted by molar-refractivity contribution is -0.121. The summed E-state index contributed by atoms with van der Waals surface area (Å²) in [6.45, 7) is 0.886. The van der Waals surface area contributed by atoms with Gasteiger partial charge in [-0.3, -0.25) is 9.69 Å². The molecule has 10 heteroatoms. The molecule has 0 spiro atoms. The summed E-state index contributed by atoms with van der Waals surface area (Å²) >= 11 is 0. The zero-order valence-electron chi connectivity index (χ0n) is 14.0. The Morgan fingerprint density at radius 2 is 2.00 bits per heavy atom. The highest BCUT2D eigenvalue weighted by atomic mass is 19.1. The van der Waals surface area contributed by atoms with Crippen molar-refractivity contribution in [3.05, 3.63) is 41.7 Å². The maximum absolute atomic E-state index is 14.6. The molecule has 2 aliphatic heterocycles. The lowest BCUT2D eigenvalue weighted by Crippen LogP contribution is -2.26. The summed E-state index contributed by atoms with van der Waals surface area (Å²) < 4.78 is 36.1. The van der Waals surface area contributed by atoms with Crippen molar-refractivity contribution < 1.29 is 23.1 Å². The van der Waals surface area contributed by atoms with Gasteiger partial charge in [-0.05, 0) is 18.1 Å². The molecule has 8 nitrogen and oxygen atoms in total. The summed E-state index contributed by atoms with van der Waals surface area (Å²) in [6, 6.07) is 2.26. The predicted molar refractivity (Wildman–Crippen MR) is 86.7 cm³/mol. The molecule has 3 aliphatic rings. The third kappa shape index (κ3) is 2.54. The van der Waals surface area contributed by atoms with Crippen LogP contribution < -0.4 is 10.2 Å². The summed E-state index contributed by atoms with van der Waals surface area (Å²) in [5.74, 6) is -2.50. The standard InChI is InChI=1S/C17H15F2N5O3/c18-11-3-8(4-12(19)15(11)13-10-5-20-16(25)14(10)13)24-7-9(27-17(24)26)6-23-2-1-21-22-23/h1-4,9-10,13-14H,5-7H2,(H,20,25)/t9-,10+,13+,14+/m0/s1. The lowest BCUT2D eigenvalue weighted by Gasteiger charge is -2.16. The minimum absolute atomic E-state index is 0.0591. The molecule has 1 N–H and O–H groups in total. The number of carbonyl (C=O) groups is 2. The van der Waals surface area contributed by atoms with Gasteiger partial charge >= 0.3 is 6.09 Å². The molecule has 5 rings (SSSR count). The molecule has 140 valence electrons. The number of nitrogens with one attached hydrogen (secondary N) is 1. The van der Waals surface area contributed by atoms with Crippen LogP contribution in [-0.2, 0) is 16.1 Å². The molecular weight excluding hydrogens is 360 g/mol. The normalized spacial score (nSPS) is 28.9. The van der Waals surface area contributed by atoms with E-state index >= 15 is 0 Å². The fourth-order valence-electron chi connectivity index (χ4n) is 4.13. The highest BCUT2D eigenvalue weighted by Crippen LogP contribution is 2.57. The zero-order valence-corrected chi connectivity index (χ0v) is 14.0. The van der Waals surface area contributed by atoms with E-state index in [1.807, 2.05) is 0 Å². The van der Waals surface area contributed by atoms with Crippen molar-refractivity contribution in [1.29, 1.82) is 0 Å². The van der Waals surface area contributed by atoms with Crippen molar-refractivity contribution >= 4 is 17.7 Å². The molecule has 1 saturated carbocycles. The van der Waals surface area contributed by atoms with Crippen molar-refractivity contribution in [3.8, 4) is 0 Å². The van der Waals surface area contributed by atoms with E-state index in [-0.39, 0.29) is 35.5 Å². The molecule has 4 atom stereocenters. The molecule has 1 aromatic heterocycles. The van der Waals surface area contributed by atoms with Gasteiger partial charge in [-0.25, -0.2) is 18.3 Å².